The lowest BCUT2D eigenvalue weighted by atomic mass is 10.1. The number of hydrogen-bond donors (Lipinski definition) is 1. The van der Waals surface area contributed by atoms with E-state index in [0.29, 0.717) is 22.1 Å². The molecule has 1 aliphatic rings. The molecule has 0 amide bonds. The predicted octanol–water partition coefficient (Wildman–Crippen LogP) is 5.32. The summed E-state index contributed by atoms with van der Waals surface area (Å²) in [6.07, 6.45) is 3.90. The lowest BCUT2D eigenvalue weighted by Crippen LogP contribution is -2.29. The van der Waals surface area contributed by atoms with Gasteiger partial charge in [-0.1, -0.05) is 36.2 Å². The Morgan fingerprint density at radius 3 is 2.79 bits per heavy atom. The largest absolute Gasteiger partial charge is 0.307 e. The van der Waals surface area contributed by atoms with Crippen molar-refractivity contribution in [3.05, 3.63) is 33.8 Å². The Morgan fingerprint density at radius 2 is 2.11 bits per heavy atom. The summed E-state index contributed by atoms with van der Waals surface area (Å²) >= 11 is 14.1. The van der Waals surface area contributed by atoms with E-state index in [1.807, 2.05) is 12.1 Å². The third kappa shape index (κ3) is 4.29. The van der Waals surface area contributed by atoms with E-state index in [9.17, 15) is 0 Å². The lowest BCUT2D eigenvalue weighted by molar-refractivity contribution is 0.462. The topological polar surface area (TPSA) is 12.0 Å². The van der Waals surface area contributed by atoms with Gasteiger partial charge >= 0.3 is 0 Å². The molecule has 19 heavy (non-hydrogen) atoms. The highest BCUT2D eigenvalue weighted by atomic mass is 35.5. The molecule has 106 valence electrons. The van der Waals surface area contributed by atoms with E-state index in [4.69, 9.17) is 23.2 Å². The van der Waals surface area contributed by atoms with Crippen LogP contribution >= 0.6 is 35.0 Å². The Labute approximate surface area is 130 Å². The predicted molar refractivity (Wildman–Crippen MR) is 87.6 cm³/mol. The normalized spacial score (nSPS) is 24.6. The van der Waals surface area contributed by atoms with E-state index in [1.165, 1.54) is 30.6 Å². The minimum absolute atomic E-state index is 0.324. The van der Waals surface area contributed by atoms with Gasteiger partial charge in [0.1, 0.15) is 0 Å². The summed E-state index contributed by atoms with van der Waals surface area (Å²) in [5.74, 6) is 1.22. The van der Waals surface area contributed by atoms with Gasteiger partial charge in [-0.05, 0) is 49.6 Å². The summed E-state index contributed by atoms with van der Waals surface area (Å²) in [6.45, 7) is 4.43. The van der Waals surface area contributed by atoms with Crippen LogP contribution in [0.4, 0.5) is 0 Å². The second kappa shape index (κ2) is 7.21. The quantitative estimate of drug-likeness (QED) is 0.789. The molecule has 0 aromatic heterocycles. The molecule has 1 aliphatic carbocycles. The van der Waals surface area contributed by atoms with Crippen LogP contribution in [0.5, 0.6) is 0 Å². The zero-order valence-electron chi connectivity index (χ0n) is 11.5. The van der Waals surface area contributed by atoms with Crippen LogP contribution in [-0.4, -0.2) is 17.0 Å². The number of nitrogens with one attached hydrogen (secondary N) is 1. The first-order valence-corrected chi connectivity index (χ1v) is 8.73. The van der Waals surface area contributed by atoms with Gasteiger partial charge in [-0.2, -0.15) is 11.8 Å². The van der Waals surface area contributed by atoms with Crippen molar-refractivity contribution < 1.29 is 0 Å². The van der Waals surface area contributed by atoms with Gasteiger partial charge in [0.25, 0.3) is 0 Å². The zero-order valence-corrected chi connectivity index (χ0v) is 13.8. The molecule has 0 aliphatic heterocycles. The van der Waals surface area contributed by atoms with E-state index >= 15 is 0 Å². The van der Waals surface area contributed by atoms with Crippen LogP contribution in [0.2, 0.25) is 10.0 Å². The molecular weight excluding hydrogens is 297 g/mol. The second-order valence-corrected chi connectivity index (χ2v) is 7.54. The molecule has 2 rings (SSSR count). The van der Waals surface area contributed by atoms with Crippen molar-refractivity contribution in [2.45, 2.75) is 50.4 Å². The Hall–Kier alpha value is 0.110. The summed E-state index contributed by atoms with van der Waals surface area (Å²) in [4.78, 5) is 0. The first kappa shape index (κ1) is 15.5. The highest BCUT2D eigenvalue weighted by Gasteiger charge is 2.25. The Morgan fingerprint density at radius 1 is 1.32 bits per heavy atom. The highest BCUT2D eigenvalue weighted by molar-refractivity contribution is 7.99. The highest BCUT2D eigenvalue weighted by Crippen LogP contribution is 2.32. The molecular formula is C15H21Cl2NS. The average Bonchev–Trinajstić information content (AvgIpc) is 2.80. The van der Waals surface area contributed by atoms with Crippen LogP contribution in [0.3, 0.4) is 0 Å². The van der Waals surface area contributed by atoms with Crippen LogP contribution in [0, 0.1) is 0 Å². The van der Waals surface area contributed by atoms with E-state index in [2.05, 4.69) is 37.0 Å². The van der Waals surface area contributed by atoms with Gasteiger partial charge in [0.15, 0.2) is 0 Å². The standard InChI is InChI=1S/C15H21Cl2NS/c1-3-19-13-6-5-12(9-13)18-10(2)11-4-7-14(16)15(17)8-11/h4,7-8,10,12-13,18H,3,5-6,9H2,1-2H3. The van der Waals surface area contributed by atoms with E-state index in [1.54, 1.807) is 0 Å². The van der Waals surface area contributed by atoms with Crippen molar-refractivity contribution in [3.8, 4) is 0 Å². The van der Waals surface area contributed by atoms with Crippen LogP contribution in [0.25, 0.3) is 0 Å². The molecule has 0 heterocycles. The Bertz CT molecular complexity index is 425. The molecule has 1 nitrogen and oxygen atoms in total. The molecule has 3 atom stereocenters. The number of benzene rings is 1. The zero-order chi connectivity index (χ0) is 13.8. The molecule has 1 N–H and O–H groups in total. The molecule has 0 spiro atoms. The van der Waals surface area contributed by atoms with Gasteiger partial charge in [0, 0.05) is 17.3 Å². The lowest BCUT2D eigenvalue weighted by Gasteiger charge is -2.20. The monoisotopic (exact) mass is 317 g/mol. The van der Waals surface area contributed by atoms with Crippen molar-refractivity contribution in [1.82, 2.24) is 5.32 Å². The van der Waals surface area contributed by atoms with E-state index in [-0.39, 0.29) is 0 Å². The maximum Gasteiger partial charge on any atom is 0.0595 e. The number of rotatable bonds is 5. The van der Waals surface area contributed by atoms with Crippen molar-refractivity contribution in [2.24, 2.45) is 0 Å². The summed E-state index contributed by atoms with van der Waals surface area (Å²) in [5, 5.41) is 5.81. The van der Waals surface area contributed by atoms with Gasteiger partial charge in [-0.25, -0.2) is 0 Å². The number of hydrogen-bond acceptors (Lipinski definition) is 2. The van der Waals surface area contributed by atoms with Gasteiger partial charge in [-0.15, -0.1) is 0 Å². The molecule has 1 saturated carbocycles. The molecule has 1 aromatic carbocycles. The maximum atomic E-state index is 6.08. The first-order valence-electron chi connectivity index (χ1n) is 6.92. The third-order valence-corrected chi connectivity index (χ3v) is 5.69. The number of thioether (sulfide) groups is 1. The fourth-order valence-electron chi connectivity index (χ4n) is 2.71. The summed E-state index contributed by atoms with van der Waals surface area (Å²) in [7, 11) is 0. The van der Waals surface area contributed by atoms with E-state index < -0.39 is 0 Å². The Kier molecular flexibility index (Phi) is 5.88. The fourth-order valence-corrected chi connectivity index (χ4v) is 4.16. The summed E-state index contributed by atoms with van der Waals surface area (Å²) in [5.41, 5.74) is 1.21. The van der Waals surface area contributed by atoms with Gasteiger partial charge in [0.05, 0.1) is 10.0 Å². The smallest absolute Gasteiger partial charge is 0.0595 e. The SMILES string of the molecule is CCSC1CCC(NC(C)c2ccc(Cl)c(Cl)c2)C1. The molecule has 4 heteroatoms. The summed E-state index contributed by atoms with van der Waals surface area (Å²) in [6, 6.07) is 6.86. The second-order valence-electron chi connectivity index (χ2n) is 5.15. The minimum Gasteiger partial charge on any atom is -0.307 e. The van der Waals surface area contributed by atoms with Crippen LogP contribution < -0.4 is 5.32 Å². The maximum absolute atomic E-state index is 6.08. The van der Waals surface area contributed by atoms with Gasteiger partial charge in [-0.3, -0.25) is 0 Å². The van der Waals surface area contributed by atoms with Crippen LogP contribution in [0.1, 0.15) is 44.7 Å². The van der Waals surface area contributed by atoms with Gasteiger partial charge < -0.3 is 5.32 Å². The molecule has 0 bridgehead atoms. The summed E-state index contributed by atoms with van der Waals surface area (Å²) < 4.78 is 0. The average molecular weight is 318 g/mol. The van der Waals surface area contributed by atoms with Gasteiger partial charge in [0.2, 0.25) is 0 Å². The van der Waals surface area contributed by atoms with Crippen molar-refractivity contribution in [3.63, 3.8) is 0 Å². The van der Waals surface area contributed by atoms with Crippen molar-refractivity contribution >= 4 is 35.0 Å². The fraction of sp³-hybridized carbons (Fsp3) is 0.600. The van der Waals surface area contributed by atoms with Crippen molar-refractivity contribution in [1.29, 1.82) is 0 Å². The molecule has 3 unspecified atom stereocenters. The molecule has 0 radical (unpaired) electrons. The molecule has 1 aromatic rings. The number of halogens is 2. The third-order valence-electron chi connectivity index (χ3n) is 3.72. The molecule has 0 saturated heterocycles. The minimum atomic E-state index is 0.324. The van der Waals surface area contributed by atoms with Crippen LogP contribution in [-0.2, 0) is 0 Å². The van der Waals surface area contributed by atoms with Crippen molar-refractivity contribution in [2.75, 3.05) is 5.75 Å². The molecule has 1 fully saturated rings. The Balaban J connectivity index is 1.90. The van der Waals surface area contributed by atoms with E-state index in [0.717, 1.165) is 5.25 Å². The first-order chi connectivity index (χ1) is 9.10. The van der Waals surface area contributed by atoms with Crippen LogP contribution in [0.15, 0.2) is 18.2 Å².